The normalized spacial score (nSPS) is 15.1. The molecule has 0 N–H and O–H groups in total. The van der Waals surface area contributed by atoms with Gasteiger partial charge in [0.25, 0.3) is 0 Å². The van der Waals surface area contributed by atoms with Crippen LogP contribution in [0.3, 0.4) is 0 Å². The van der Waals surface area contributed by atoms with E-state index in [9.17, 15) is 18.0 Å². The molecule has 0 spiro atoms. The van der Waals surface area contributed by atoms with Gasteiger partial charge in [0, 0.05) is 6.54 Å². The number of likely N-dealkylation sites (N-methyl/N-ethyl adjacent to an activating group) is 1. The second-order valence-corrected chi connectivity index (χ2v) is 10.9. The lowest BCUT2D eigenvalue weighted by Crippen LogP contribution is -2.49. The summed E-state index contributed by atoms with van der Waals surface area (Å²) < 4.78 is 44.6. The molecule has 1 amide bonds. The van der Waals surface area contributed by atoms with Gasteiger partial charge in [-0.3, -0.25) is 4.79 Å². The molecule has 2 atom stereocenters. The van der Waals surface area contributed by atoms with Crippen LogP contribution in [0.2, 0.25) is 19.6 Å². The van der Waals surface area contributed by atoms with Crippen LogP contribution < -0.4 is 0 Å². The van der Waals surface area contributed by atoms with Crippen molar-refractivity contribution in [3.8, 4) is 0 Å². The largest absolute Gasteiger partial charge is 0.471 e. The first-order valence-electron chi connectivity index (χ1n) is 7.58. The molecule has 0 bridgehead atoms. The maximum atomic E-state index is 12.8. The topological polar surface area (TPSA) is 29.5 Å². The number of rotatable bonds is 6. The van der Waals surface area contributed by atoms with Crippen LogP contribution in [0.15, 0.2) is 30.3 Å². The van der Waals surface area contributed by atoms with Gasteiger partial charge in [0.15, 0.2) is 8.32 Å². The van der Waals surface area contributed by atoms with E-state index in [1.165, 1.54) is 6.92 Å². The van der Waals surface area contributed by atoms with E-state index in [1.807, 2.05) is 50.0 Å². The van der Waals surface area contributed by atoms with Crippen molar-refractivity contribution in [2.24, 2.45) is 0 Å². The van der Waals surface area contributed by atoms with Crippen molar-refractivity contribution in [1.29, 1.82) is 0 Å². The molecular formula is C16H24F3NO2Si. The minimum atomic E-state index is -4.88. The number of alkyl halides is 3. The molecule has 3 nitrogen and oxygen atoms in total. The van der Waals surface area contributed by atoms with Gasteiger partial charge in [0.1, 0.15) is 0 Å². The first kappa shape index (κ1) is 19.7. The molecule has 0 aromatic heterocycles. The highest BCUT2D eigenvalue weighted by atomic mass is 28.4. The number of carbonyl (C=O) groups excluding carboxylic acids is 1. The average molecular weight is 347 g/mol. The molecule has 1 rings (SSSR count). The Balaban J connectivity index is 3.17. The van der Waals surface area contributed by atoms with Crippen LogP contribution in [0.1, 0.15) is 25.5 Å². The predicted octanol–water partition coefficient (Wildman–Crippen LogP) is 4.38. The summed E-state index contributed by atoms with van der Waals surface area (Å²) in [6, 6.07) is 8.36. The summed E-state index contributed by atoms with van der Waals surface area (Å²) in [5.74, 6) is -1.83. The molecular weight excluding hydrogens is 323 g/mol. The van der Waals surface area contributed by atoms with E-state index in [-0.39, 0.29) is 6.54 Å². The van der Waals surface area contributed by atoms with Crippen molar-refractivity contribution in [1.82, 2.24) is 4.90 Å². The van der Waals surface area contributed by atoms with Gasteiger partial charge in [-0.05, 0) is 39.1 Å². The Bertz CT molecular complexity index is 514. The van der Waals surface area contributed by atoms with Crippen molar-refractivity contribution >= 4 is 14.2 Å². The standard InChI is InChI=1S/C16H24F3NO2Si/c1-6-20(15(21)16(17,18)19)12(2)14(22-23(3,4)5)13-10-8-7-9-11-13/h7-12,14H,6H2,1-5H3. The maximum Gasteiger partial charge on any atom is 0.471 e. The lowest BCUT2D eigenvalue weighted by atomic mass is 10.0. The van der Waals surface area contributed by atoms with Gasteiger partial charge in [-0.1, -0.05) is 30.3 Å². The fourth-order valence-electron chi connectivity index (χ4n) is 2.41. The van der Waals surface area contributed by atoms with E-state index in [0.29, 0.717) is 0 Å². The number of benzene rings is 1. The number of carbonyl (C=O) groups is 1. The molecule has 0 aliphatic heterocycles. The molecule has 23 heavy (non-hydrogen) atoms. The van der Waals surface area contributed by atoms with Crippen molar-refractivity contribution < 1.29 is 22.4 Å². The summed E-state index contributed by atoms with van der Waals surface area (Å²) in [7, 11) is -2.02. The molecule has 0 aliphatic rings. The van der Waals surface area contributed by atoms with Gasteiger partial charge in [-0.2, -0.15) is 13.2 Å². The molecule has 0 heterocycles. The van der Waals surface area contributed by atoms with Crippen molar-refractivity contribution in [3.05, 3.63) is 35.9 Å². The summed E-state index contributed by atoms with van der Waals surface area (Å²) in [5, 5.41) is 0. The second-order valence-electron chi connectivity index (χ2n) is 6.39. The van der Waals surface area contributed by atoms with Crippen molar-refractivity contribution in [2.45, 2.75) is 51.8 Å². The molecule has 0 aliphatic carbocycles. The quantitative estimate of drug-likeness (QED) is 0.715. The summed E-state index contributed by atoms with van der Waals surface area (Å²) in [4.78, 5) is 12.5. The first-order chi connectivity index (χ1) is 10.5. The van der Waals surface area contributed by atoms with Crippen LogP contribution >= 0.6 is 0 Å². The van der Waals surface area contributed by atoms with Crippen LogP contribution in [0.5, 0.6) is 0 Å². The molecule has 0 fully saturated rings. The van der Waals surface area contributed by atoms with Gasteiger partial charge >= 0.3 is 12.1 Å². The fourth-order valence-corrected chi connectivity index (χ4v) is 3.51. The van der Waals surface area contributed by atoms with E-state index in [4.69, 9.17) is 4.43 Å². The first-order valence-corrected chi connectivity index (χ1v) is 11.0. The molecule has 7 heteroatoms. The highest BCUT2D eigenvalue weighted by Gasteiger charge is 2.45. The van der Waals surface area contributed by atoms with E-state index < -0.39 is 32.5 Å². The van der Waals surface area contributed by atoms with E-state index in [1.54, 1.807) is 6.92 Å². The summed E-state index contributed by atoms with van der Waals surface area (Å²) in [6.07, 6.45) is -5.47. The Kier molecular flexibility index (Phi) is 6.41. The third kappa shape index (κ3) is 5.66. The zero-order chi connectivity index (χ0) is 17.8. The van der Waals surface area contributed by atoms with Gasteiger partial charge in [-0.25, -0.2) is 0 Å². The van der Waals surface area contributed by atoms with Gasteiger partial charge in [0.05, 0.1) is 12.1 Å². The maximum absolute atomic E-state index is 12.8. The fraction of sp³-hybridized carbons (Fsp3) is 0.562. The molecule has 0 saturated heterocycles. The second kappa shape index (κ2) is 7.48. The summed E-state index contributed by atoms with van der Waals surface area (Å²) >= 11 is 0. The van der Waals surface area contributed by atoms with E-state index in [2.05, 4.69) is 0 Å². The Morgan fingerprint density at radius 1 is 1.22 bits per heavy atom. The Labute approximate surface area is 136 Å². The Morgan fingerprint density at radius 3 is 2.13 bits per heavy atom. The predicted molar refractivity (Wildman–Crippen MR) is 86.5 cm³/mol. The SMILES string of the molecule is CCN(C(=O)C(F)(F)F)C(C)C(O[Si](C)(C)C)c1ccccc1. The highest BCUT2D eigenvalue weighted by molar-refractivity contribution is 6.69. The smallest absolute Gasteiger partial charge is 0.409 e. The third-order valence-corrected chi connectivity index (χ3v) is 4.34. The van der Waals surface area contributed by atoms with Crippen molar-refractivity contribution in [2.75, 3.05) is 6.54 Å². The third-order valence-electron chi connectivity index (χ3n) is 3.38. The zero-order valence-electron chi connectivity index (χ0n) is 14.1. The number of amides is 1. The number of hydrogen-bond acceptors (Lipinski definition) is 2. The highest BCUT2D eigenvalue weighted by Crippen LogP contribution is 2.30. The molecule has 0 radical (unpaired) electrons. The molecule has 1 aromatic carbocycles. The molecule has 0 saturated carbocycles. The van der Waals surface area contributed by atoms with Crippen LogP contribution in [0.4, 0.5) is 13.2 Å². The number of hydrogen-bond donors (Lipinski definition) is 0. The number of nitrogens with zero attached hydrogens (tertiary/aromatic N) is 1. The lowest BCUT2D eigenvalue weighted by Gasteiger charge is -2.37. The molecule has 130 valence electrons. The summed E-state index contributed by atoms with van der Waals surface area (Å²) in [5.41, 5.74) is 0.774. The van der Waals surface area contributed by atoms with E-state index in [0.717, 1.165) is 10.5 Å². The van der Waals surface area contributed by atoms with Crippen molar-refractivity contribution in [3.63, 3.8) is 0 Å². The molecule has 2 unspecified atom stereocenters. The minimum Gasteiger partial charge on any atom is -0.409 e. The van der Waals surface area contributed by atoms with Crippen LogP contribution in [0, 0.1) is 0 Å². The zero-order valence-corrected chi connectivity index (χ0v) is 15.1. The van der Waals surface area contributed by atoms with Gasteiger partial charge in [-0.15, -0.1) is 0 Å². The minimum absolute atomic E-state index is 0.0299. The van der Waals surface area contributed by atoms with Crippen LogP contribution in [-0.2, 0) is 9.22 Å². The monoisotopic (exact) mass is 347 g/mol. The van der Waals surface area contributed by atoms with E-state index >= 15 is 0 Å². The molecule has 1 aromatic rings. The lowest BCUT2D eigenvalue weighted by molar-refractivity contribution is -0.189. The van der Waals surface area contributed by atoms with Crippen LogP contribution in [-0.4, -0.2) is 37.9 Å². The average Bonchev–Trinajstić information content (AvgIpc) is 2.44. The van der Waals surface area contributed by atoms with Gasteiger partial charge in [0.2, 0.25) is 0 Å². The van der Waals surface area contributed by atoms with Gasteiger partial charge < -0.3 is 9.33 Å². The van der Waals surface area contributed by atoms with Crippen LogP contribution in [0.25, 0.3) is 0 Å². The Morgan fingerprint density at radius 2 is 1.74 bits per heavy atom. The number of halogens is 3. The summed E-state index contributed by atoms with van der Waals surface area (Å²) in [6.45, 7) is 9.02. The Hall–Kier alpha value is -1.34.